The van der Waals surface area contributed by atoms with Crippen LogP contribution in [0.3, 0.4) is 0 Å². The molecule has 0 spiro atoms. The van der Waals surface area contributed by atoms with Gasteiger partial charge in [-0.05, 0) is 42.9 Å². The zero-order valence-corrected chi connectivity index (χ0v) is 13.7. The van der Waals surface area contributed by atoms with Crippen LogP contribution in [0.15, 0.2) is 54.6 Å². The minimum Gasteiger partial charge on any atom is -0.251 e. The van der Waals surface area contributed by atoms with Crippen molar-refractivity contribution in [1.29, 1.82) is 0 Å². The molecule has 0 bridgehead atoms. The molecule has 0 radical (unpaired) electrons. The van der Waals surface area contributed by atoms with Crippen molar-refractivity contribution in [2.75, 3.05) is 0 Å². The maximum Gasteiger partial charge on any atom is 0.0945 e. The Morgan fingerprint density at radius 2 is 1.52 bits per heavy atom. The van der Waals surface area contributed by atoms with E-state index < -0.39 is 11.0 Å². The summed E-state index contributed by atoms with van der Waals surface area (Å²) in [7, 11) is -1.30. The summed E-state index contributed by atoms with van der Waals surface area (Å²) < 4.78 is 11.2. The average Bonchev–Trinajstić information content (AvgIpc) is 2.48. The molecule has 1 unspecified atom stereocenters. The average molecular weight is 301 g/mol. The number of nitrogens with two attached hydrogens (primary N) is 1. The van der Waals surface area contributed by atoms with E-state index in [-0.39, 0.29) is 4.75 Å². The van der Waals surface area contributed by atoms with E-state index in [1.807, 2.05) is 32.0 Å². The first kappa shape index (κ1) is 15.9. The molecule has 2 rings (SSSR count). The lowest BCUT2D eigenvalue weighted by Crippen LogP contribution is -2.33. The first-order valence-corrected chi connectivity index (χ1v) is 8.43. The van der Waals surface area contributed by atoms with E-state index in [4.69, 9.17) is 5.14 Å². The van der Waals surface area contributed by atoms with Crippen LogP contribution >= 0.6 is 0 Å². The Kier molecular flexibility index (Phi) is 4.96. The fourth-order valence-electron chi connectivity index (χ4n) is 2.57. The van der Waals surface area contributed by atoms with Crippen molar-refractivity contribution in [1.82, 2.24) is 0 Å². The first-order chi connectivity index (χ1) is 9.90. The SMILES string of the molecule is C[C@@H](CC(C)(C)S(N)=O)c1ccc(-c2ccccc2)cc1. The Bertz CT molecular complexity index is 605. The molecule has 3 heteroatoms. The minimum atomic E-state index is -1.30. The van der Waals surface area contributed by atoms with Gasteiger partial charge in [-0.2, -0.15) is 0 Å². The lowest BCUT2D eigenvalue weighted by molar-refractivity contribution is 0.540. The molecular weight excluding hydrogens is 278 g/mol. The molecule has 2 atom stereocenters. The molecule has 0 saturated carbocycles. The Hall–Kier alpha value is -1.45. The lowest BCUT2D eigenvalue weighted by Gasteiger charge is -2.25. The minimum absolute atomic E-state index is 0.331. The van der Waals surface area contributed by atoms with Gasteiger partial charge in [-0.25, -0.2) is 4.21 Å². The third kappa shape index (κ3) is 4.02. The van der Waals surface area contributed by atoms with E-state index in [0.29, 0.717) is 5.92 Å². The smallest absolute Gasteiger partial charge is 0.0945 e. The van der Waals surface area contributed by atoms with Gasteiger partial charge in [0.25, 0.3) is 0 Å². The van der Waals surface area contributed by atoms with E-state index in [1.165, 1.54) is 16.7 Å². The van der Waals surface area contributed by atoms with Crippen molar-refractivity contribution >= 4 is 11.0 Å². The third-order valence-corrected chi connectivity index (χ3v) is 5.19. The van der Waals surface area contributed by atoms with Gasteiger partial charge in [-0.15, -0.1) is 0 Å². The molecule has 0 fully saturated rings. The molecule has 112 valence electrons. The van der Waals surface area contributed by atoms with Gasteiger partial charge in [0.2, 0.25) is 0 Å². The topological polar surface area (TPSA) is 43.1 Å². The summed E-state index contributed by atoms with van der Waals surface area (Å²) >= 11 is 0. The maximum absolute atomic E-state index is 11.6. The monoisotopic (exact) mass is 301 g/mol. The van der Waals surface area contributed by atoms with Gasteiger partial charge >= 0.3 is 0 Å². The maximum atomic E-state index is 11.6. The zero-order chi connectivity index (χ0) is 15.5. The largest absolute Gasteiger partial charge is 0.251 e. The fourth-order valence-corrected chi connectivity index (χ4v) is 2.99. The van der Waals surface area contributed by atoms with Gasteiger partial charge in [0.05, 0.1) is 15.7 Å². The number of hydrogen-bond donors (Lipinski definition) is 1. The first-order valence-electron chi connectivity index (χ1n) is 7.22. The molecule has 0 aliphatic carbocycles. The summed E-state index contributed by atoms with van der Waals surface area (Å²) in [4.78, 5) is 0. The van der Waals surface area contributed by atoms with E-state index in [2.05, 4.69) is 43.3 Å². The van der Waals surface area contributed by atoms with Crippen molar-refractivity contribution < 1.29 is 4.21 Å². The summed E-state index contributed by atoms with van der Waals surface area (Å²) in [6.07, 6.45) is 0.806. The Morgan fingerprint density at radius 3 is 2.05 bits per heavy atom. The number of hydrogen-bond acceptors (Lipinski definition) is 1. The molecule has 0 amide bonds. The third-order valence-electron chi connectivity index (χ3n) is 3.93. The highest BCUT2D eigenvalue weighted by Crippen LogP contribution is 2.29. The van der Waals surface area contributed by atoms with Crippen molar-refractivity contribution in [3.63, 3.8) is 0 Å². The van der Waals surface area contributed by atoms with E-state index >= 15 is 0 Å². The van der Waals surface area contributed by atoms with Gasteiger partial charge in [-0.3, -0.25) is 5.14 Å². The second kappa shape index (κ2) is 6.54. The molecule has 0 aliphatic heterocycles. The van der Waals surface area contributed by atoms with Crippen LogP contribution in [-0.2, 0) is 11.0 Å². The van der Waals surface area contributed by atoms with Crippen LogP contribution in [0.2, 0.25) is 0 Å². The highest BCUT2D eigenvalue weighted by Gasteiger charge is 2.26. The number of rotatable bonds is 5. The molecule has 21 heavy (non-hydrogen) atoms. The highest BCUT2D eigenvalue weighted by molar-refractivity contribution is 7.84. The quantitative estimate of drug-likeness (QED) is 0.881. The van der Waals surface area contributed by atoms with Crippen LogP contribution in [0, 0.1) is 0 Å². The van der Waals surface area contributed by atoms with Crippen LogP contribution in [0.1, 0.15) is 38.7 Å². The summed E-state index contributed by atoms with van der Waals surface area (Å²) in [6.45, 7) is 6.07. The Morgan fingerprint density at radius 1 is 1.00 bits per heavy atom. The molecule has 0 heterocycles. The van der Waals surface area contributed by atoms with Crippen LogP contribution in [0.5, 0.6) is 0 Å². The van der Waals surface area contributed by atoms with Crippen molar-refractivity contribution in [3.8, 4) is 11.1 Å². The van der Waals surface area contributed by atoms with E-state index in [0.717, 1.165) is 6.42 Å². The molecular formula is C18H23NOS. The Labute approximate surface area is 130 Å². The highest BCUT2D eigenvalue weighted by atomic mass is 32.2. The number of benzene rings is 2. The summed E-state index contributed by atoms with van der Waals surface area (Å²) in [5.74, 6) is 0.331. The predicted octanol–water partition coefficient (Wildman–Crippen LogP) is 4.25. The molecule has 2 aromatic rings. The molecule has 0 saturated heterocycles. The van der Waals surface area contributed by atoms with Crippen molar-refractivity contribution in [2.24, 2.45) is 5.14 Å². The van der Waals surface area contributed by atoms with Crippen LogP contribution in [-0.4, -0.2) is 8.96 Å². The normalized spacial score (nSPS) is 14.7. The summed E-state index contributed by atoms with van der Waals surface area (Å²) in [5.41, 5.74) is 3.70. The van der Waals surface area contributed by atoms with Gasteiger partial charge in [0.1, 0.15) is 0 Å². The summed E-state index contributed by atoms with van der Waals surface area (Å²) in [6, 6.07) is 18.9. The van der Waals surface area contributed by atoms with Crippen LogP contribution in [0.4, 0.5) is 0 Å². The van der Waals surface area contributed by atoms with Gasteiger partial charge in [-0.1, -0.05) is 61.5 Å². The lowest BCUT2D eigenvalue weighted by atomic mass is 9.90. The summed E-state index contributed by atoms with van der Waals surface area (Å²) in [5, 5.41) is 5.57. The van der Waals surface area contributed by atoms with Crippen molar-refractivity contribution in [2.45, 2.75) is 37.9 Å². The van der Waals surface area contributed by atoms with Gasteiger partial charge < -0.3 is 0 Å². The molecule has 2 aromatic carbocycles. The van der Waals surface area contributed by atoms with E-state index in [9.17, 15) is 4.21 Å². The van der Waals surface area contributed by atoms with Crippen LogP contribution in [0.25, 0.3) is 11.1 Å². The zero-order valence-electron chi connectivity index (χ0n) is 12.9. The molecule has 2 nitrogen and oxygen atoms in total. The van der Waals surface area contributed by atoms with Crippen molar-refractivity contribution in [3.05, 3.63) is 60.2 Å². The van der Waals surface area contributed by atoms with E-state index in [1.54, 1.807) is 0 Å². The second-order valence-electron chi connectivity index (χ2n) is 6.15. The fraction of sp³-hybridized carbons (Fsp3) is 0.333. The second-order valence-corrected chi connectivity index (χ2v) is 7.85. The van der Waals surface area contributed by atoms with Gasteiger partial charge in [0, 0.05) is 0 Å². The molecule has 0 aliphatic rings. The standard InChI is InChI=1S/C18H23NOS/c1-14(13-18(2,3)21(19)20)15-9-11-17(12-10-15)16-7-5-4-6-8-16/h4-12,14H,13,19H2,1-3H3/t14-,21?/m0/s1. The molecule has 0 aromatic heterocycles. The van der Waals surface area contributed by atoms with Gasteiger partial charge in [0.15, 0.2) is 0 Å². The van der Waals surface area contributed by atoms with Crippen LogP contribution < -0.4 is 5.14 Å². The molecule has 2 N–H and O–H groups in total. The predicted molar refractivity (Wildman–Crippen MR) is 91.3 cm³/mol. The Balaban J connectivity index is 2.14.